The molecule has 0 heterocycles. The van der Waals surface area contributed by atoms with Crippen LogP contribution in [0.25, 0.3) is 0 Å². The average molecular weight is 274 g/mol. The zero-order valence-corrected chi connectivity index (χ0v) is 11.2. The molecule has 0 bridgehead atoms. The van der Waals surface area contributed by atoms with Crippen LogP contribution in [0.15, 0.2) is 29.2 Å². The molecule has 0 saturated carbocycles. The van der Waals surface area contributed by atoms with E-state index < -0.39 is 0 Å². The van der Waals surface area contributed by atoms with Crippen molar-refractivity contribution in [1.82, 2.24) is 5.32 Å². The Balaban J connectivity index is 2.30. The summed E-state index contributed by atoms with van der Waals surface area (Å²) in [6.45, 7) is 1.97. The van der Waals surface area contributed by atoms with E-state index in [4.69, 9.17) is 16.7 Å². The monoisotopic (exact) mass is 273 g/mol. The van der Waals surface area contributed by atoms with Gasteiger partial charge in [0.2, 0.25) is 5.91 Å². The lowest BCUT2D eigenvalue weighted by atomic mass is 10.2. The van der Waals surface area contributed by atoms with Crippen molar-refractivity contribution < 1.29 is 9.90 Å². The number of benzene rings is 1. The molecule has 5 heteroatoms. The number of hydrogen-bond donors (Lipinski definition) is 2. The van der Waals surface area contributed by atoms with Crippen molar-refractivity contribution in [3.05, 3.63) is 29.3 Å². The Morgan fingerprint density at radius 3 is 2.71 bits per heavy atom. The van der Waals surface area contributed by atoms with E-state index in [0.717, 1.165) is 4.90 Å². The molecule has 0 aliphatic carbocycles. The highest BCUT2D eigenvalue weighted by molar-refractivity contribution is 8.00. The molecule has 2 N–H and O–H groups in total. The number of thioether (sulfide) groups is 1. The molecule has 17 heavy (non-hydrogen) atoms. The lowest BCUT2D eigenvalue weighted by Gasteiger charge is -2.11. The minimum absolute atomic E-state index is 0.0123. The van der Waals surface area contributed by atoms with E-state index in [1.54, 1.807) is 12.1 Å². The molecule has 0 aliphatic rings. The van der Waals surface area contributed by atoms with Gasteiger partial charge in [0.25, 0.3) is 0 Å². The number of hydrogen-bond acceptors (Lipinski definition) is 3. The van der Waals surface area contributed by atoms with Crippen LogP contribution < -0.4 is 5.32 Å². The van der Waals surface area contributed by atoms with E-state index in [9.17, 15) is 4.79 Å². The normalized spacial score (nSPS) is 12.2. The summed E-state index contributed by atoms with van der Waals surface area (Å²) in [6, 6.07) is 7.39. The summed E-state index contributed by atoms with van der Waals surface area (Å²) in [4.78, 5) is 12.5. The predicted octanol–water partition coefficient (Wildman–Crippen LogP) is 2.32. The summed E-state index contributed by atoms with van der Waals surface area (Å²) in [5, 5.41) is 12.2. The third-order valence-electron chi connectivity index (χ3n) is 2.15. The van der Waals surface area contributed by atoms with Gasteiger partial charge < -0.3 is 10.4 Å². The standard InChI is InChI=1S/C12H16ClNO2S/c1-9(6-7-15)14-12(16)8-17-11-4-2-10(13)3-5-11/h2-5,9,15H,6-8H2,1H3,(H,14,16). The zero-order valence-electron chi connectivity index (χ0n) is 9.65. The second-order valence-electron chi connectivity index (χ2n) is 3.72. The van der Waals surface area contributed by atoms with Gasteiger partial charge >= 0.3 is 0 Å². The van der Waals surface area contributed by atoms with Gasteiger partial charge in [-0.25, -0.2) is 0 Å². The van der Waals surface area contributed by atoms with E-state index in [0.29, 0.717) is 17.2 Å². The minimum atomic E-state index is -0.0223. The van der Waals surface area contributed by atoms with E-state index in [1.165, 1.54) is 11.8 Å². The summed E-state index contributed by atoms with van der Waals surface area (Å²) in [5.74, 6) is 0.350. The second-order valence-corrected chi connectivity index (χ2v) is 5.21. The number of nitrogens with one attached hydrogen (secondary N) is 1. The van der Waals surface area contributed by atoms with E-state index >= 15 is 0 Å². The van der Waals surface area contributed by atoms with Crippen molar-refractivity contribution in [3.63, 3.8) is 0 Å². The molecule has 0 spiro atoms. The lowest BCUT2D eigenvalue weighted by Crippen LogP contribution is -2.34. The molecule has 0 aromatic heterocycles. The van der Waals surface area contributed by atoms with Crippen molar-refractivity contribution in [2.75, 3.05) is 12.4 Å². The Bertz CT molecular complexity index is 356. The molecule has 3 nitrogen and oxygen atoms in total. The number of halogens is 1. The Hall–Kier alpha value is -0.710. The molecule has 94 valence electrons. The highest BCUT2D eigenvalue weighted by atomic mass is 35.5. The summed E-state index contributed by atoms with van der Waals surface area (Å²) >= 11 is 7.23. The van der Waals surface area contributed by atoms with Gasteiger partial charge in [-0.05, 0) is 37.6 Å². The van der Waals surface area contributed by atoms with E-state index in [2.05, 4.69) is 5.32 Å². The largest absolute Gasteiger partial charge is 0.396 e. The Morgan fingerprint density at radius 2 is 2.12 bits per heavy atom. The van der Waals surface area contributed by atoms with Crippen LogP contribution in [0.4, 0.5) is 0 Å². The fraction of sp³-hybridized carbons (Fsp3) is 0.417. The van der Waals surface area contributed by atoms with Gasteiger partial charge in [0.15, 0.2) is 0 Å². The number of amides is 1. The van der Waals surface area contributed by atoms with E-state index in [1.807, 2.05) is 19.1 Å². The number of aliphatic hydroxyl groups is 1. The predicted molar refractivity (Wildman–Crippen MR) is 71.5 cm³/mol. The Labute approximate surface area is 111 Å². The zero-order chi connectivity index (χ0) is 12.7. The molecule has 1 aromatic carbocycles. The van der Waals surface area contributed by atoms with Crippen LogP contribution >= 0.6 is 23.4 Å². The summed E-state index contributed by atoms with van der Waals surface area (Å²) in [7, 11) is 0. The van der Waals surface area contributed by atoms with Crippen LogP contribution in [0.1, 0.15) is 13.3 Å². The van der Waals surface area contributed by atoms with Gasteiger partial charge in [-0.1, -0.05) is 11.6 Å². The van der Waals surface area contributed by atoms with Gasteiger partial charge in [-0.2, -0.15) is 0 Å². The smallest absolute Gasteiger partial charge is 0.230 e. The molecular weight excluding hydrogens is 258 g/mol. The van der Waals surface area contributed by atoms with Crippen molar-refractivity contribution in [2.24, 2.45) is 0 Å². The van der Waals surface area contributed by atoms with Crippen molar-refractivity contribution in [1.29, 1.82) is 0 Å². The van der Waals surface area contributed by atoms with Crippen molar-refractivity contribution in [3.8, 4) is 0 Å². The number of carbonyl (C=O) groups excluding carboxylic acids is 1. The maximum atomic E-state index is 11.5. The first kappa shape index (κ1) is 14.4. The van der Waals surface area contributed by atoms with Gasteiger partial charge in [0.1, 0.15) is 0 Å². The number of carbonyl (C=O) groups is 1. The molecule has 1 amide bonds. The summed E-state index contributed by atoms with van der Waals surface area (Å²) in [5.41, 5.74) is 0. The van der Waals surface area contributed by atoms with Crippen LogP contribution in [0.5, 0.6) is 0 Å². The van der Waals surface area contributed by atoms with Crippen molar-refractivity contribution >= 4 is 29.3 Å². The molecule has 1 atom stereocenters. The third kappa shape index (κ3) is 5.96. The first-order valence-electron chi connectivity index (χ1n) is 5.40. The Morgan fingerprint density at radius 1 is 1.47 bits per heavy atom. The van der Waals surface area contributed by atoms with Crippen LogP contribution in [0.2, 0.25) is 5.02 Å². The molecule has 1 aromatic rings. The lowest BCUT2D eigenvalue weighted by molar-refractivity contribution is -0.119. The SMILES string of the molecule is CC(CCO)NC(=O)CSc1ccc(Cl)cc1. The summed E-state index contributed by atoms with van der Waals surface area (Å²) < 4.78 is 0. The molecule has 1 unspecified atom stereocenters. The van der Waals surface area contributed by atoms with Crippen molar-refractivity contribution in [2.45, 2.75) is 24.3 Å². The molecule has 1 rings (SSSR count). The van der Waals surface area contributed by atoms with Crippen LogP contribution in [0, 0.1) is 0 Å². The molecule has 0 saturated heterocycles. The summed E-state index contributed by atoms with van der Waals surface area (Å²) in [6.07, 6.45) is 0.581. The number of aliphatic hydroxyl groups excluding tert-OH is 1. The number of rotatable bonds is 6. The topological polar surface area (TPSA) is 49.3 Å². The van der Waals surface area contributed by atoms with Crippen LogP contribution in [0.3, 0.4) is 0 Å². The fourth-order valence-electron chi connectivity index (χ4n) is 1.26. The third-order valence-corrected chi connectivity index (χ3v) is 3.42. The molecule has 0 radical (unpaired) electrons. The molecule has 0 aliphatic heterocycles. The highest BCUT2D eigenvalue weighted by Gasteiger charge is 2.07. The van der Waals surface area contributed by atoms with Gasteiger partial charge in [0.05, 0.1) is 5.75 Å². The maximum Gasteiger partial charge on any atom is 0.230 e. The maximum absolute atomic E-state index is 11.5. The van der Waals surface area contributed by atoms with Gasteiger partial charge in [-0.3, -0.25) is 4.79 Å². The Kier molecular flexibility index (Phi) is 6.40. The second kappa shape index (κ2) is 7.58. The average Bonchev–Trinajstić information content (AvgIpc) is 2.28. The highest BCUT2D eigenvalue weighted by Crippen LogP contribution is 2.19. The van der Waals surface area contributed by atoms with Gasteiger partial charge in [-0.15, -0.1) is 11.8 Å². The fourth-order valence-corrected chi connectivity index (χ4v) is 2.10. The molecule has 0 fully saturated rings. The van der Waals surface area contributed by atoms with Crippen LogP contribution in [-0.2, 0) is 4.79 Å². The minimum Gasteiger partial charge on any atom is -0.396 e. The first-order valence-corrected chi connectivity index (χ1v) is 6.76. The van der Waals surface area contributed by atoms with Gasteiger partial charge in [0, 0.05) is 22.6 Å². The van der Waals surface area contributed by atoms with Crippen LogP contribution in [-0.4, -0.2) is 29.4 Å². The quantitative estimate of drug-likeness (QED) is 0.782. The first-order chi connectivity index (χ1) is 8.11. The molecular formula is C12H16ClNO2S. The van der Waals surface area contributed by atoms with E-state index in [-0.39, 0.29) is 18.6 Å².